The van der Waals surface area contributed by atoms with Crippen LogP contribution in [0.5, 0.6) is 11.5 Å². The van der Waals surface area contributed by atoms with Gasteiger partial charge in [-0.3, -0.25) is 4.18 Å². The molecule has 4 rings (SSSR count). The fourth-order valence-corrected chi connectivity index (χ4v) is 4.42. The van der Waals surface area contributed by atoms with Crippen molar-refractivity contribution in [1.29, 1.82) is 0 Å². The summed E-state index contributed by atoms with van der Waals surface area (Å²) in [6.07, 6.45) is -0.537. The zero-order valence-corrected chi connectivity index (χ0v) is 18.0. The highest BCUT2D eigenvalue weighted by Gasteiger charge is 2.27. The number of para-hydroxylation sites is 1. The Balaban J connectivity index is 1.54. The SMILES string of the molecule is Cc1ccc(S(=O)(=O)OC[C@H]2COc3cccc(-c4ccc(C)cc4C)c3O2)cc1. The first-order valence-corrected chi connectivity index (χ1v) is 11.2. The largest absolute Gasteiger partial charge is 0.486 e. The van der Waals surface area contributed by atoms with Crippen LogP contribution in [0.2, 0.25) is 0 Å². The van der Waals surface area contributed by atoms with Crippen LogP contribution >= 0.6 is 0 Å². The molecule has 5 nitrogen and oxygen atoms in total. The summed E-state index contributed by atoms with van der Waals surface area (Å²) >= 11 is 0. The van der Waals surface area contributed by atoms with Gasteiger partial charge in [0, 0.05) is 5.56 Å². The van der Waals surface area contributed by atoms with Crippen molar-refractivity contribution < 1.29 is 22.1 Å². The summed E-state index contributed by atoms with van der Waals surface area (Å²) in [4.78, 5) is 0.126. The summed E-state index contributed by atoms with van der Waals surface area (Å²) < 4.78 is 42.2. The second kappa shape index (κ2) is 8.13. The van der Waals surface area contributed by atoms with Gasteiger partial charge in [-0.25, -0.2) is 0 Å². The van der Waals surface area contributed by atoms with Crippen molar-refractivity contribution in [3.05, 3.63) is 77.4 Å². The van der Waals surface area contributed by atoms with Gasteiger partial charge >= 0.3 is 0 Å². The Kier molecular flexibility index (Phi) is 5.54. The van der Waals surface area contributed by atoms with Crippen LogP contribution in [0.1, 0.15) is 16.7 Å². The molecule has 1 atom stereocenters. The molecule has 0 saturated heterocycles. The van der Waals surface area contributed by atoms with E-state index in [0.29, 0.717) is 11.5 Å². The molecule has 0 fully saturated rings. The van der Waals surface area contributed by atoms with Crippen LogP contribution in [0.3, 0.4) is 0 Å². The quantitative estimate of drug-likeness (QED) is 0.549. The maximum absolute atomic E-state index is 12.5. The van der Waals surface area contributed by atoms with Crippen molar-refractivity contribution in [1.82, 2.24) is 0 Å². The molecule has 0 unspecified atom stereocenters. The van der Waals surface area contributed by atoms with Gasteiger partial charge in [0.2, 0.25) is 0 Å². The molecule has 6 heteroatoms. The Morgan fingerprint density at radius 3 is 2.40 bits per heavy atom. The maximum Gasteiger partial charge on any atom is 0.297 e. The predicted octanol–water partition coefficient (Wildman–Crippen LogP) is 4.82. The molecule has 1 aliphatic heterocycles. The smallest absolute Gasteiger partial charge is 0.297 e. The Hall–Kier alpha value is -2.83. The minimum Gasteiger partial charge on any atom is -0.486 e. The van der Waals surface area contributed by atoms with E-state index < -0.39 is 16.2 Å². The van der Waals surface area contributed by atoms with E-state index in [-0.39, 0.29) is 18.1 Å². The highest BCUT2D eigenvalue weighted by molar-refractivity contribution is 7.86. The predicted molar refractivity (Wildman–Crippen MR) is 116 cm³/mol. The molecule has 0 bridgehead atoms. The van der Waals surface area contributed by atoms with Crippen molar-refractivity contribution in [3.8, 4) is 22.6 Å². The number of ether oxygens (including phenoxy) is 2. The van der Waals surface area contributed by atoms with Gasteiger partial charge in [0.25, 0.3) is 10.1 Å². The molecule has 3 aromatic carbocycles. The molecule has 0 radical (unpaired) electrons. The third-order valence-electron chi connectivity index (χ3n) is 5.08. The van der Waals surface area contributed by atoms with E-state index in [4.69, 9.17) is 13.7 Å². The zero-order chi connectivity index (χ0) is 21.3. The lowest BCUT2D eigenvalue weighted by Crippen LogP contribution is -2.34. The normalized spacial score (nSPS) is 15.8. The van der Waals surface area contributed by atoms with Crippen LogP contribution in [0, 0.1) is 20.8 Å². The summed E-state index contributed by atoms with van der Waals surface area (Å²) in [5.74, 6) is 1.25. The fourth-order valence-electron chi connectivity index (χ4n) is 3.48. The Bertz CT molecular complexity index is 1170. The minimum absolute atomic E-state index is 0.126. The van der Waals surface area contributed by atoms with Crippen molar-refractivity contribution in [3.63, 3.8) is 0 Å². The third kappa shape index (κ3) is 4.20. The monoisotopic (exact) mass is 424 g/mol. The van der Waals surface area contributed by atoms with E-state index in [1.54, 1.807) is 12.1 Å². The molecule has 0 amide bonds. The van der Waals surface area contributed by atoms with Gasteiger partial charge in [0.05, 0.1) is 4.90 Å². The highest BCUT2D eigenvalue weighted by atomic mass is 32.2. The molecular weight excluding hydrogens is 400 g/mol. The highest BCUT2D eigenvalue weighted by Crippen LogP contribution is 2.42. The van der Waals surface area contributed by atoms with E-state index >= 15 is 0 Å². The van der Waals surface area contributed by atoms with Crippen LogP contribution in [0.25, 0.3) is 11.1 Å². The first-order chi connectivity index (χ1) is 14.3. The second-order valence-electron chi connectivity index (χ2n) is 7.55. The van der Waals surface area contributed by atoms with E-state index in [9.17, 15) is 8.42 Å². The zero-order valence-electron chi connectivity index (χ0n) is 17.2. The van der Waals surface area contributed by atoms with Gasteiger partial charge in [-0.2, -0.15) is 8.42 Å². The van der Waals surface area contributed by atoms with Gasteiger partial charge in [0.15, 0.2) is 17.6 Å². The summed E-state index contributed by atoms with van der Waals surface area (Å²) in [5.41, 5.74) is 5.26. The Morgan fingerprint density at radius 2 is 1.67 bits per heavy atom. The van der Waals surface area contributed by atoms with Gasteiger partial charge in [0.1, 0.15) is 13.2 Å². The minimum atomic E-state index is -3.86. The Labute approximate surface area is 177 Å². The molecule has 0 spiro atoms. The molecule has 156 valence electrons. The van der Waals surface area contributed by atoms with Gasteiger partial charge in [-0.1, -0.05) is 53.6 Å². The number of hydrogen-bond donors (Lipinski definition) is 0. The first kappa shape index (κ1) is 20.4. The molecule has 0 saturated carbocycles. The van der Waals surface area contributed by atoms with Gasteiger partial charge < -0.3 is 9.47 Å². The molecule has 1 heterocycles. The molecule has 30 heavy (non-hydrogen) atoms. The van der Waals surface area contributed by atoms with Gasteiger partial charge in [-0.05, 0) is 50.1 Å². The number of fused-ring (bicyclic) bond motifs is 1. The molecule has 3 aromatic rings. The number of benzene rings is 3. The molecule has 0 N–H and O–H groups in total. The average molecular weight is 425 g/mol. The van der Waals surface area contributed by atoms with Crippen LogP contribution < -0.4 is 9.47 Å². The number of rotatable bonds is 5. The maximum atomic E-state index is 12.5. The van der Waals surface area contributed by atoms with Crippen molar-refractivity contribution in [2.75, 3.05) is 13.2 Å². The topological polar surface area (TPSA) is 61.8 Å². The molecule has 0 aromatic heterocycles. The van der Waals surface area contributed by atoms with Crippen LogP contribution in [0.4, 0.5) is 0 Å². The van der Waals surface area contributed by atoms with Crippen molar-refractivity contribution in [2.45, 2.75) is 31.8 Å². The van der Waals surface area contributed by atoms with E-state index in [0.717, 1.165) is 22.3 Å². The second-order valence-corrected chi connectivity index (χ2v) is 9.17. The lowest BCUT2D eigenvalue weighted by Gasteiger charge is -2.28. The first-order valence-electron chi connectivity index (χ1n) is 9.80. The van der Waals surface area contributed by atoms with Crippen molar-refractivity contribution in [2.24, 2.45) is 0 Å². The summed E-state index contributed by atoms with van der Waals surface area (Å²) in [7, 11) is -3.86. The average Bonchev–Trinajstić information content (AvgIpc) is 2.72. The summed E-state index contributed by atoms with van der Waals surface area (Å²) in [6, 6.07) is 18.5. The van der Waals surface area contributed by atoms with Crippen LogP contribution in [-0.2, 0) is 14.3 Å². The van der Waals surface area contributed by atoms with Crippen LogP contribution in [-0.4, -0.2) is 27.7 Å². The molecule has 1 aliphatic rings. The lowest BCUT2D eigenvalue weighted by atomic mass is 9.97. The standard InChI is InChI=1S/C24H24O5S/c1-16-7-10-20(11-8-16)30(25,26)28-15-19-14-27-23-6-4-5-22(24(23)29-19)21-12-9-17(2)13-18(21)3/h4-13,19H,14-15H2,1-3H3/t19-/m1/s1. The lowest BCUT2D eigenvalue weighted by molar-refractivity contribution is 0.0561. The summed E-state index contributed by atoms with van der Waals surface area (Å²) in [6.45, 7) is 6.09. The molecular formula is C24H24O5S. The van der Waals surface area contributed by atoms with Gasteiger partial charge in [-0.15, -0.1) is 0 Å². The third-order valence-corrected chi connectivity index (χ3v) is 6.37. The number of aryl methyl sites for hydroxylation is 3. The van der Waals surface area contributed by atoms with E-state index in [2.05, 4.69) is 32.0 Å². The number of hydrogen-bond acceptors (Lipinski definition) is 5. The summed E-state index contributed by atoms with van der Waals surface area (Å²) in [5, 5.41) is 0. The van der Waals surface area contributed by atoms with E-state index in [1.165, 1.54) is 17.7 Å². The molecule has 0 aliphatic carbocycles. The van der Waals surface area contributed by atoms with E-state index in [1.807, 2.05) is 25.1 Å². The Morgan fingerprint density at radius 1 is 0.933 bits per heavy atom. The van der Waals surface area contributed by atoms with Crippen molar-refractivity contribution >= 4 is 10.1 Å². The fraction of sp³-hybridized carbons (Fsp3) is 0.250. The van der Waals surface area contributed by atoms with Crippen LogP contribution in [0.15, 0.2) is 65.6 Å².